The van der Waals surface area contributed by atoms with Crippen LogP contribution < -0.4 is 10.6 Å². The second-order valence-electron chi connectivity index (χ2n) is 14.6. The van der Waals surface area contributed by atoms with Crippen LogP contribution in [0, 0.1) is 35.5 Å². The number of nitrogens with one attached hydrogen (secondary N) is 4. The van der Waals surface area contributed by atoms with Gasteiger partial charge in [-0.05, 0) is 60.1 Å². The maximum Gasteiger partial charge on any atom is 0.407 e. The van der Waals surface area contributed by atoms with E-state index in [1.54, 1.807) is 22.2 Å². The molecule has 14 nitrogen and oxygen atoms in total. The van der Waals surface area contributed by atoms with Gasteiger partial charge in [-0.15, -0.1) is 0 Å². The number of ether oxygens (including phenoxy) is 2. The second kappa shape index (κ2) is 16.4. The van der Waals surface area contributed by atoms with E-state index in [1.807, 2.05) is 52.0 Å². The first kappa shape index (κ1) is 37.9. The smallest absolute Gasteiger partial charge is 0.407 e. The summed E-state index contributed by atoms with van der Waals surface area (Å²) < 4.78 is 9.50. The van der Waals surface area contributed by atoms with E-state index in [0.29, 0.717) is 30.4 Å². The first-order chi connectivity index (χ1) is 24.8. The quantitative estimate of drug-likeness (QED) is 0.229. The highest BCUT2D eigenvalue weighted by atomic mass is 16.5. The number of hydrogen-bond acceptors (Lipinski definition) is 8. The van der Waals surface area contributed by atoms with Crippen molar-refractivity contribution in [2.75, 3.05) is 27.3 Å². The minimum Gasteiger partial charge on any atom is -0.453 e. The van der Waals surface area contributed by atoms with E-state index in [-0.39, 0.29) is 47.6 Å². The van der Waals surface area contributed by atoms with Crippen LogP contribution in [0.5, 0.6) is 0 Å². The molecule has 2 aromatic heterocycles. The molecule has 0 radical (unpaired) electrons. The highest BCUT2D eigenvalue weighted by molar-refractivity contribution is 5.87. The van der Waals surface area contributed by atoms with E-state index in [0.717, 1.165) is 29.7 Å². The minimum atomic E-state index is -0.713. The number of aromatic amines is 2. The second-order valence-corrected chi connectivity index (χ2v) is 14.6. The van der Waals surface area contributed by atoms with Crippen molar-refractivity contribution in [3.63, 3.8) is 0 Å². The first-order valence-corrected chi connectivity index (χ1v) is 17.8. The monoisotopic (exact) mass is 714 g/mol. The van der Waals surface area contributed by atoms with Crippen LogP contribution in [0.15, 0.2) is 36.7 Å². The summed E-state index contributed by atoms with van der Waals surface area (Å²) in [7, 11) is 2.56. The van der Waals surface area contributed by atoms with Crippen LogP contribution in [0.4, 0.5) is 9.59 Å². The summed E-state index contributed by atoms with van der Waals surface area (Å²) in [4.78, 5) is 70.6. The summed E-state index contributed by atoms with van der Waals surface area (Å²) in [6, 6.07) is 5.86. The number of hydrogen-bond donors (Lipinski definition) is 4. The highest BCUT2D eigenvalue weighted by Crippen LogP contribution is 2.36. The van der Waals surface area contributed by atoms with E-state index in [2.05, 4.69) is 56.3 Å². The van der Waals surface area contributed by atoms with E-state index in [9.17, 15) is 19.2 Å². The van der Waals surface area contributed by atoms with Crippen molar-refractivity contribution in [1.82, 2.24) is 40.4 Å². The zero-order valence-corrected chi connectivity index (χ0v) is 31.1. The highest BCUT2D eigenvalue weighted by Gasteiger charge is 2.41. The Kier molecular flexibility index (Phi) is 11.9. The van der Waals surface area contributed by atoms with Gasteiger partial charge in [0.05, 0.1) is 44.4 Å². The van der Waals surface area contributed by atoms with Crippen molar-refractivity contribution in [3.05, 3.63) is 59.6 Å². The van der Waals surface area contributed by atoms with Crippen LogP contribution >= 0.6 is 0 Å². The number of likely N-dealkylation sites (tertiary alicyclic amines) is 2. The molecule has 2 saturated heterocycles. The third-order valence-electron chi connectivity index (χ3n) is 9.73. The van der Waals surface area contributed by atoms with E-state index >= 15 is 0 Å². The third-order valence-corrected chi connectivity index (χ3v) is 9.73. The van der Waals surface area contributed by atoms with Gasteiger partial charge in [0.25, 0.3) is 0 Å². The van der Waals surface area contributed by atoms with Crippen LogP contribution in [0.3, 0.4) is 0 Å². The molecule has 0 aliphatic carbocycles. The Morgan fingerprint density at radius 3 is 1.71 bits per heavy atom. The molecule has 0 spiro atoms. The van der Waals surface area contributed by atoms with E-state index in [4.69, 9.17) is 9.47 Å². The molecule has 3 aromatic rings. The van der Waals surface area contributed by atoms with Crippen molar-refractivity contribution in [1.29, 1.82) is 0 Å². The Hall–Kier alpha value is -5.32. The Balaban J connectivity index is 1.26. The standard InChI is InChI=1S/C38H50N8O6/c1-21(2)31(43-37(49)51-7)35(47)45-19-23(5)15-29(45)33-39-17-27(41-33)14-11-25-9-12-26(13-10-25)28-18-40-34(42-28)30-16-24(6)20-46(30)36(48)32(22(3)4)44-38(50)52-8/h9-10,12-13,17-18,21-24,29-32H,15-16,19-20H2,1-8H3,(H,39,41)(H,40,42)(H,43,49)(H,44,50)/t23-,24+,29+,30-,31+,32+/m1/s1. The third kappa shape index (κ3) is 8.58. The normalized spacial score (nSPS) is 21.0. The number of H-pyrrole nitrogens is 2. The summed E-state index contributed by atoms with van der Waals surface area (Å²) in [6.07, 6.45) is 3.67. The zero-order valence-electron chi connectivity index (χ0n) is 31.1. The number of methoxy groups -OCH3 is 2. The SMILES string of the molecule is COC(=O)N[C@H](C(=O)N1C[C@@H](C)C[C@@H]1c1ncc(-c2ccc(C#Cc3cnc([C@@H]4C[C@@H](C)CN4C(=O)[C@@H](NC(=O)OC)C(C)C)[nH]3)cc2)[nH]1)C(C)C. The number of aromatic nitrogens is 4. The molecule has 4 amide bonds. The van der Waals surface area contributed by atoms with Gasteiger partial charge in [-0.25, -0.2) is 19.6 Å². The predicted octanol–water partition coefficient (Wildman–Crippen LogP) is 4.78. The van der Waals surface area contributed by atoms with Crippen LogP contribution in [0.1, 0.15) is 89.4 Å². The van der Waals surface area contributed by atoms with Crippen LogP contribution in [-0.4, -0.2) is 93.1 Å². The summed E-state index contributed by atoms with van der Waals surface area (Å²) in [5, 5.41) is 5.38. The summed E-state index contributed by atoms with van der Waals surface area (Å²) in [6.45, 7) is 12.9. The van der Waals surface area contributed by atoms with Crippen molar-refractivity contribution in [2.45, 2.75) is 78.6 Å². The molecule has 1 aromatic carbocycles. The van der Waals surface area contributed by atoms with Crippen molar-refractivity contribution in [3.8, 4) is 23.1 Å². The maximum atomic E-state index is 13.6. The van der Waals surface area contributed by atoms with Crippen molar-refractivity contribution >= 4 is 24.0 Å². The summed E-state index contributed by atoms with van der Waals surface area (Å²) >= 11 is 0. The average Bonchev–Trinajstić information content (AvgIpc) is 3.94. The fourth-order valence-electron chi connectivity index (χ4n) is 6.95. The molecule has 2 aliphatic heterocycles. The van der Waals surface area contributed by atoms with Gasteiger partial charge >= 0.3 is 12.2 Å². The molecule has 0 saturated carbocycles. The number of amides is 4. The molecule has 2 fully saturated rings. The number of imidazole rings is 2. The van der Waals surface area contributed by atoms with Gasteiger partial charge in [0, 0.05) is 18.7 Å². The van der Waals surface area contributed by atoms with Crippen LogP contribution in [-0.2, 0) is 19.1 Å². The Morgan fingerprint density at radius 2 is 1.23 bits per heavy atom. The molecule has 6 atom stereocenters. The topological polar surface area (TPSA) is 175 Å². The number of benzene rings is 1. The van der Waals surface area contributed by atoms with Crippen LogP contribution in [0.25, 0.3) is 11.3 Å². The van der Waals surface area contributed by atoms with Gasteiger partial charge in [0.15, 0.2) is 0 Å². The number of alkyl carbamates (subject to hydrolysis) is 2. The van der Waals surface area contributed by atoms with Crippen molar-refractivity contribution < 1.29 is 28.7 Å². The Bertz CT molecular complexity index is 1800. The molecule has 0 unspecified atom stereocenters. The van der Waals surface area contributed by atoms with Gasteiger partial charge < -0.3 is 39.9 Å². The summed E-state index contributed by atoms with van der Waals surface area (Å²) in [5.74, 6) is 7.66. The first-order valence-electron chi connectivity index (χ1n) is 17.8. The van der Waals surface area contributed by atoms with Gasteiger partial charge in [0.1, 0.15) is 29.4 Å². The predicted molar refractivity (Wildman–Crippen MR) is 193 cm³/mol. The number of nitrogens with zero attached hydrogens (tertiary/aromatic N) is 4. The zero-order chi connectivity index (χ0) is 37.7. The molecule has 4 heterocycles. The van der Waals surface area contributed by atoms with Gasteiger partial charge in [-0.1, -0.05) is 59.6 Å². The van der Waals surface area contributed by atoms with Gasteiger partial charge in [0.2, 0.25) is 11.8 Å². The molecule has 14 heteroatoms. The molecular formula is C38H50N8O6. The molecular weight excluding hydrogens is 664 g/mol. The Labute approximate surface area is 304 Å². The minimum absolute atomic E-state index is 0.120. The molecule has 5 rings (SSSR count). The number of carbonyl (C=O) groups excluding carboxylic acids is 4. The lowest BCUT2D eigenvalue weighted by Crippen LogP contribution is -2.51. The van der Waals surface area contributed by atoms with Crippen molar-refractivity contribution in [2.24, 2.45) is 23.7 Å². The largest absolute Gasteiger partial charge is 0.453 e. The fraction of sp³-hybridized carbons (Fsp3) is 0.526. The molecule has 0 bridgehead atoms. The Morgan fingerprint density at radius 1 is 0.750 bits per heavy atom. The molecule has 2 aliphatic rings. The van der Waals surface area contributed by atoms with E-state index < -0.39 is 24.3 Å². The summed E-state index contributed by atoms with van der Waals surface area (Å²) in [5.41, 5.74) is 3.17. The number of rotatable bonds is 9. The lowest BCUT2D eigenvalue weighted by atomic mass is 10.0. The molecule has 278 valence electrons. The molecule has 4 N–H and O–H groups in total. The lowest BCUT2D eigenvalue weighted by Gasteiger charge is -2.30. The lowest BCUT2D eigenvalue weighted by molar-refractivity contribution is -0.136. The van der Waals surface area contributed by atoms with Gasteiger partial charge in [-0.2, -0.15) is 0 Å². The fourth-order valence-corrected chi connectivity index (χ4v) is 6.95. The molecule has 52 heavy (non-hydrogen) atoms. The number of carbonyl (C=O) groups is 4. The van der Waals surface area contributed by atoms with E-state index in [1.165, 1.54) is 14.2 Å². The van der Waals surface area contributed by atoms with Gasteiger partial charge in [-0.3, -0.25) is 9.59 Å². The van der Waals surface area contributed by atoms with Crippen LogP contribution in [0.2, 0.25) is 0 Å². The average molecular weight is 715 g/mol. The maximum absolute atomic E-state index is 13.6.